The second-order valence-corrected chi connectivity index (χ2v) is 6.34. The first-order valence-electron chi connectivity index (χ1n) is 7.11. The monoisotopic (exact) mass is 295 g/mol. The average molecular weight is 296 g/mol. The number of carbonyl (C=O) groups excluding carboxylic acids is 1. The first-order chi connectivity index (χ1) is 9.42. The van der Waals surface area contributed by atoms with Crippen molar-refractivity contribution < 1.29 is 9.53 Å². The lowest BCUT2D eigenvalue weighted by atomic mass is 9.83. The van der Waals surface area contributed by atoms with Crippen LogP contribution in [-0.2, 0) is 4.74 Å². The van der Waals surface area contributed by atoms with E-state index in [0.717, 1.165) is 31.5 Å². The molecule has 0 unspecified atom stereocenters. The van der Waals surface area contributed by atoms with Crippen molar-refractivity contribution in [3.8, 4) is 0 Å². The summed E-state index contributed by atoms with van der Waals surface area (Å²) in [5, 5.41) is 3.93. The van der Waals surface area contributed by atoms with Gasteiger partial charge in [-0.1, -0.05) is 17.7 Å². The first kappa shape index (κ1) is 15.3. The maximum absolute atomic E-state index is 12.4. The predicted molar refractivity (Wildman–Crippen MR) is 81.3 cm³/mol. The van der Waals surface area contributed by atoms with Crippen molar-refractivity contribution in [2.75, 3.05) is 13.1 Å². The van der Waals surface area contributed by atoms with Crippen LogP contribution in [0.3, 0.4) is 0 Å². The van der Waals surface area contributed by atoms with E-state index in [2.05, 4.69) is 5.32 Å². The summed E-state index contributed by atoms with van der Waals surface area (Å²) in [6.07, 6.45) is 2.07. The predicted octanol–water partition coefficient (Wildman–Crippen LogP) is 3.58. The highest BCUT2D eigenvalue weighted by atomic mass is 35.5. The van der Waals surface area contributed by atoms with Crippen LogP contribution in [0.15, 0.2) is 18.2 Å². The lowest BCUT2D eigenvalue weighted by Crippen LogP contribution is -2.42. The number of hydrogen-bond acceptors (Lipinski definition) is 3. The number of piperidine rings is 1. The molecule has 0 radical (unpaired) electrons. The summed E-state index contributed by atoms with van der Waals surface area (Å²) in [6, 6.07) is 5.33. The molecule has 20 heavy (non-hydrogen) atoms. The van der Waals surface area contributed by atoms with Crippen LogP contribution in [-0.4, -0.2) is 24.7 Å². The Bertz CT molecular complexity index is 493. The van der Waals surface area contributed by atoms with Crippen LogP contribution in [0.25, 0.3) is 0 Å². The summed E-state index contributed by atoms with van der Waals surface area (Å²) < 4.78 is 5.77. The van der Waals surface area contributed by atoms with Gasteiger partial charge in [0.15, 0.2) is 0 Å². The highest BCUT2D eigenvalue weighted by Gasteiger charge is 2.34. The van der Waals surface area contributed by atoms with Crippen molar-refractivity contribution in [2.45, 2.75) is 39.2 Å². The van der Waals surface area contributed by atoms with Crippen LogP contribution in [0.4, 0.5) is 0 Å². The number of carbonyl (C=O) groups is 1. The molecule has 1 aromatic carbocycles. The number of ether oxygens (including phenoxy) is 1. The minimum Gasteiger partial charge on any atom is -0.456 e. The summed E-state index contributed by atoms with van der Waals surface area (Å²) in [4.78, 5) is 12.4. The van der Waals surface area contributed by atoms with Crippen LogP contribution in [0.5, 0.6) is 0 Å². The van der Waals surface area contributed by atoms with Crippen LogP contribution in [0.2, 0.25) is 5.02 Å². The quantitative estimate of drug-likeness (QED) is 0.866. The summed E-state index contributed by atoms with van der Waals surface area (Å²) in [7, 11) is 0. The lowest BCUT2D eigenvalue weighted by Gasteiger charge is -2.36. The van der Waals surface area contributed by atoms with Crippen LogP contribution >= 0.6 is 11.6 Å². The molecule has 1 saturated heterocycles. The zero-order chi connectivity index (χ0) is 14.8. The Labute approximate surface area is 125 Å². The Morgan fingerprint density at radius 1 is 1.35 bits per heavy atom. The molecule has 0 saturated carbocycles. The van der Waals surface area contributed by atoms with Crippen molar-refractivity contribution >= 4 is 17.6 Å². The van der Waals surface area contributed by atoms with Crippen molar-refractivity contribution in [1.82, 2.24) is 5.32 Å². The van der Waals surface area contributed by atoms with E-state index in [9.17, 15) is 4.79 Å². The summed E-state index contributed by atoms with van der Waals surface area (Å²) in [6.45, 7) is 7.82. The first-order valence-corrected chi connectivity index (χ1v) is 7.49. The highest BCUT2D eigenvalue weighted by molar-refractivity contribution is 6.31. The van der Waals surface area contributed by atoms with Gasteiger partial charge in [-0.05, 0) is 64.4 Å². The van der Waals surface area contributed by atoms with Gasteiger partial charge in [0.2, 0.25) is 0 Å². The lowest BCUT2D eigenvalue weighted by molar-refractivity contribution is -0.0368. The Hall–Kier alpha value is -1.06. The molecule has 3 nitrogen and oxygen atoms in total. The molecule has 0 atom stereocenters. The van der Waals surface area contributed by atoms with E-state index < -0.39 is 5.60 Å². The summed E-state index contributed by atoms with van der Waals surface area (Å²) >= 11 is 6.06. The number of hydrogen-bond donors (Lipinski definition) is 1. The molecule has 4 heteroatoms. The van der Waals surface area contributed by atoms with Crippen molar-refractivity contribution in [3.05, 3.63) is 34.3 Å². The minimum atomic E-state index is -0.450. The van der Waals surface area contributed by atoms with Gasteiger partial charge in [-0.2, -0.15) is 0 Å². The van der Waals surface area contributed by atoms with Gasteiger partial charge in [0.25, 0.3) is 0 Å². The molecule has 0 spiro atoms. The van der Waals surface area contributed by atoms with Gasteiger partial charge in [-0.3, -0.25) is 0 Å². The van der Waals surface area contributed by atoms with Gasteiger partial charge in [0.1, 0.15) is 5.60 Å². The highest BCUT2D eigenvalue weighted by Crippen LogP contribution is 2.30. The van der Waals surface area contributed by atoms with Crippen molar-refractivity contribution in [1.29, 1.82) is 0 Å². The largest absolute Gasteiger partial charge is 0.456 e. The fourth-order valence-electron chi connectivity index (χ4n) is 2.72. The fourth-order valence-corrected chi connectivity index (χ4v) is 2.90. The van der Waals surface area contributed by atoms with E-state index >= 15 is 0 Å². The van der Waals surface area contributed by atoms with Crippen molar-refractivity contribution in [2.24, 2.45) is 5.92 Å². The molecule has 0 bridgehead atoms. The average Bonchev–Trinajstić information content (AvgIpc) is 2.42. The van der Waals surface area contributed by atoms with Crippen LogP contribution in [0.1, 0.15) is 42.6 Å². The van der Waals surface area contributed by atoms with Gasteiger partial charge in [0.05, 0.1) is 5.56 Å². The topological polar surface area (TPSA) is 38.3 Å². The normalized spacial score (nSPS) is 17.0. The Balaban J connectivity index is 2.11. The summed E-state index contributed by atoms with van der Waals surface area (Å²) in [5.74, 6) is 0.112. The SMILES string of the molecule is Cc1c(Cl)cccc1C(=O)OC(C)(C)C1CCNCC1. The zero-order valence-electron chi connectivity index (χ0n) is 12.3. The maximum atomic E-state index is 12.4. The van der Waals surface area contributed by atoms with E-state index in [1.807, 2.05) is 20.8 Å². The Morgan fingerprint density at radius 3 is 2.65 bits per heavy atom. The van der Waals surface area contributed by atoms with E-state index in [-0.39, 0.29) is 5.97 Å². The molecule has 1 N–H and O–H groups in total. The second kappa shape index (κ2) is 6.15. The van der Waals surface area contributed by atoms with Gasteiger partial charge < -0.3 is 10.1 Å². The van der Waals surface area contributed by atoms with Crippen LogP contribution in [0, 0.1) is 12.8 Å². The van der Waals surface area contributed by atoms with Gasteiger partial charge >= 0.3 is 5.97 Å². The molecule has 1 fully saturated rings. The molecule has 1 aliphatic rings. The number of benzene rings is 1. The molecule has 0 amide bonds. The van der Waals surface area contributed by atoms with Gasteiger partial charge in [0, 0.05) is 10.9 Å². The molecule has 110 valence electrons. The van der Waals surface area contributed by atoms with Gasteiger partial charge in [-0.25, -0.2) is 4.79 Å². The molecular formula is C16H22ClNO2. The smallest absolute Gasteiger partial charge is 0.338 e. The number of nitrogens with one attached hydrogen (secondary N) is 1. The van der Waals surface area contributed by atoms with E-state index in [4.69, 9.17) is 16.3 Å². The standard InChI is InChI=1S/C16H22ClNO2/c1-11-13(5-4-6-14(11)17)15(19)20-16(2,3)12-7-9-18-10-8-12/h4-6,12,18H,7-10H2,1-3H3. The third-order valence-corrected chi connectivity index (χ3v) is 4.58. The molecule has 1 heterocycles. The Kier molecular flexibility index (Phi) is 4.71. The molecule has 1 aromatic rings. The van der Waals surface area contributed by atoms with E-state index in [1.54, 1.807) is 18.2 Å². The molecular weight excluding hydrogens is 274 g/mol. The number of esters is 1. The Morgan fingerprint density at radius 2 is 2.00 bits per heavy atom. The zero-order valence-corrected chi connectivity index (χ0v) is 13.1. The fraction of sp³-hybridized carbons (Fsp3) is 0.562. The van der Waals surface area contributed by atoms with E-state index in [1.165, 1.54) is 0 Å². The maximum Gasteiger partial charge on any atom is 0.338 e. The molecule has 1 aliphatic heterocycles. The second-order valence-electron chi connectivity index (χ2n) is 5.93. The molecule has 2 rings (SSSR count). The summed E-state index contributed by atoms with van der Waals surface area (Å²) in [5.41, 5.74) is 0.883. The number of rotatable bonds is 3. The molecule has 0 aliphatic carbocycles. The van der Waals surface area contributed by atoms with Gasteiger partial charge in [-0.15, -0.1) is 0 Å². The van der Waals surface area contributed by atoms with E-state index in [0.29, 0.717) is 16.5 Å². The van der Waals surface area contributed by atoms with Crippen LogP contribution < -0.4 is 5.32 Å². The minimum absolute atomic E-state index is 0.284. The third kappa shape index (κ3) is 3.33. The van der Waals surface area contributed by atoms with Crippen molar-refractivity contribution in [3.63, 3.8) is 0 Å². The third-order valence-electron chi connectivity index (χ3n) is 4.17. The molecule has 0 aromatic heterocycles. The number of halogens is 1.